The molecule has 0 aliphatic heterocycles. The summed E-state index contributed by atoms with van der Waals surface area (Å²) in [6.45, 7) is 5.21. The molecule has 0 unspecified atom stereocenters. The van der Waals surface area contributed by atoms with E-state index in [1.165, 1.54) is 0 Å². The van der Waals surface area contributed by atoms with E-state index in [0.29, 0.717) is 30.0 Å². The lowest BCUT2D eigenvalue weighted by Crippen LogP contribution is -2.25. The minimum atomic E-state index is -0.0972. The van der Waals surface area contributed by atoms with Crippen LogP contribution in [0.25, 0.3) is 10.9 Å². The van der Waals surface area contributed by atoms with Crippen LogP contribution in [0.1, 0.15) is 33.5 Å². The van der Waals surface area contributed by atoms with Gasteiger partial charge in [-0.2, -0.15) is 5.26 Å². The Morgan fingerprint density at radius 3 is 2.61 bits per heavy atom. The van der Waals surface area contributed by atoms with E-state index in [0.717, 1.165) is 32.9 Å². The van der Waals surface area contributed by atoms with Crippen LogP contribution in [0.3, 0.4) is 0 Å². The van der Waals surface area contributed by atoms with Crippen LogP contribution < -0.4 is 10.6 Å². The number of fused-ring (bicyclic) bond motifs is 1. The molecular weight excluding hydrogens is 416 g/mol. The maximum atomic E-state index is 12.1. The fourth-order valence-electron chi connectivity index (χ4n) is 3.07. The number of rotatable bonds is 6. The first-order chi connectivity index (χ1) is 13.5. The molecule has 0 bridgehead atoms. The third-order valence-electron chi connectivity index (χ3n) is 4.41. The van der Waals surface area contributed by atoms with Crippen molar-refractivity contribution in [1.29, 1.82) is 5.26 Å². The summed E-state index contributed by atoms with van der Waals surface area (Å²) in [5, 5.41) is 16.5. The molecule has 0 atom stereocenters. The second kappa shape index (κ2) is 8.85. The third kappa shape index (κ3) is 4.68. The summed E-state index contributed by atoms with van der Waals surface area (Å²) in [5.74, 6) is 0.487. The number of benzene rings is 2. The smallest absolute Gasteiger partial charge is 0.251 e. The van der Waals surface area contributed by atoms with Crippen molar-refractivity contribution in [2.24, 2.45) is 0 Å². The predicted octanol–water partition coefficient (Wildman–Crippen LogP) is 4.72. The summed E-state index contributed by atoms with van der Waals surface area (Å²) < 4.78 is 0.940. The monoisotopic (exact) mass is 436 g/mol. The number of carbonyl (C=O) groups excluding carboxylic acids is 1. The van der Waals surface area contributed by atoms with E-state index in [1.807, 2.05) is 38.1 Å². The third-order valence-corrected chi connectivity index (χ3v) is 4.94. The van der Waals surface area contributed by atoms with Gasteiger partial charge in [0.25, 0.3) is 5.91 Å². The van der Waals surface area contributed by atoms with Crippen LogP contribution in [0.2, 0.25) is 0 Å². The molecule has 2 aromatic carbocycles. The summed E-state index contributed by atoms with van der Waals surface area (Å²) in [6.07, 6.45) is 0.722. The summed E-state index contributed by atoms with van der Waals surface area (Å²) in [5.41, 5.74) is 4.29. The van der Waals surface area contributed by atoms with Crippen LogP contribution in [-0.4, -0.2) is 24.0 Å². The van der Waals surface area contributed by atoms with E-state index in [2.05, 4.69) is 43.7 Å². The number of halogens is 1. The zero-order valence-corrected chi connectivity index (χ0v) is 17.4. The highest BCUT2D eigenvalue weighted by Gasteiger charge is 2.09. The van der Waals surface area contributed by atoms with Gasteiger partial charge in [0.05, 0.1) is 11.1 Å². The van der Waals surface area contributed by atoms with Crippen LogP contribution in [0.15, 0.2) is 46.9 Å². The van der Waals surface area contributed by atoms with Crippen molar-refractivity contribution in [2.45, 2.75) is 20.3 Å². The first kappa shape index (κ1) is 19.8. The molecule has 0 radical (unpaired) electrons. The van der Waals surface area contributed by atoms with Crippen molar-refractivity contribution < 1.29 is 4.79 Å². The molecule has 3 aromatic rings. The maximum Gasteiger partial charge on any atom is 0.251 e. The molecule has 5 nitrogen and oxygen atoms in total. The Kier molecular flexibility index (Phi) is 6.27. The molecule has 1 amide bonds. The van der Waals surface area contributed by atoms with Gasteiger partial charge in [0.2, 0.25) is 0 Å². The van der Waals surface area contributed by atoms with E-state index in [1.54, 1.807) is 12.1 Å². The normalized spacial score (nSPS) is 10.5. The van der Waals surface area contributed by atoms with Crippen molar-refractivity contribution in [3.63, 3.8) is 0 Å². The number of amides is 1. The molecule has 3 rings (SSSR count). The van der Waals surface area contributed by atoms with Gasteiger partial charge in [0.15, 0.2) is 0 Å². The number of hydrogen-bond acceptors (Lipinski definition) is 4. The molecule has 28 heavy (non-hydrogen) atoms. The lowest BCUT2D eigenvalue weighted by atomic mass is 10.1. The summed E-state index contributed by atoms with van der Waals surface area (Å²) >= 11 is 3.36. The van der Waals surface area contributed by atoms with Gasteiger partial charge in [-0.1, -0.05) is 27.6 Å². The zero-order chi connectivity index (χ0) is 20.1. The first-order valence-electron chi connectivity index (χ1n) is 9.07. The van der Waals surface area contributed by atoms with E-state index in [-0.39, 0.29) is 5.91 Å². The standard InChI is InChI=1S/C22H21BrN4O/c1-14-10-15(2)20-17(11-14)12-18(13-24)21(27-20)25-8-3-9-26-22(28)16-4-6-19(23)7-5-16/h4-7,10-12H,3,8-9H2,1-2H3,(H,25,27)(H,26,28). The Labute approximate surface area is 172 Å². The predicted molar refractivity (Wildman–Crippen MR) is 116 cm³/mol. The molecule has 0 aliphatic rings. The fraction of sp³-hybridized carbons (Fsp3) is 0.227. The van der Waals surface area contributed by atoms with Crippen LogP contribution in [0.5, 0.6) is 0 Å². The van der Waals surface area contributed by atoms with E-state index in [9.17, 15) is 10.1 Å². The lowest BCUT2D eigenvalue weighted by molar-refractivity contribution is 0.0953. The number of aryl methyl sites for hydroxylation is 2. The van der Waals surface area contributed by atoms with Gasteiger partial charge < -0.3 is 10.6 Å². The number of hydrogen-bond donors (Lipinski definition) is 2. The van der Waals surface area contributed by atoms with Gasteiger partial charge in [0.1, 0.15) is 11.9 Å². The summed E-state index contributed by atoms with van der Waals surface area (Å²) in [6, 6.07) is 15.5. The number of carbonyl (C=O) groups is 1. The Bertz CT molecular complexity index is 1050. The van der Waals surface area contributed by atoms with Crippen LogP contribution >= 0.6 is 15.9 Å². The van der Waals surface area contributed by atoms with Crippen molar-refractivity contribution in [3.05, 3.63) is 69.2 Å². The molecule has 142 valence electrons. The Morgan fingerprint density at radius 1 is 1.14 bits per heavy atom. The minimum Gasteiger partial charge on any atom is -0.369 e. The Balaban J connectivity index is 1.58. The minimum absolute atomic E-state index is 0.0972. The van der Waals surface area contributed by atoms with Gasteiger partial charge in [-0.3, -0.25) is 4.79 Å². The van der Waals surface area contributed by atoms with E-state index >= 15 is 0 Å². The van der Waals surface area contributed by atoms with Crippen molar-refractivity contribution >= 4 is 38.6 Å². The largest absolute Gasteiger partial charge is 0.369 e. The zero-order valence-electron chi connectivity index (χ0n) is 15.8. The molecule has 6 heteroatoms. The first-order valence-corrected chi connectivity index (χ1v) is 9.87. The van der Waals surface area contributed by atoms with Crippen molar-refractivity contribution in [2.75, 3.05) is 18.4 Å². The highest BCUT2D eigenvalue weighted by Crippen LogP contribution is 2.24. The van der Waals surface area contributed by atoms with Crippen LogP contribution in [0.4, 0.5) is 5.82 Å². The number of nitriles is 1. The van der Waals surface area contributed by atoms with Gasteiger partial charge >= 0.3 is 0 Å². The van der Waals surface area contributed by atoms with Gasteiger partial charge in [-0.15, -0.1) is 0 Å². The molecule has 0 saturated heterocycles. The number of aromatic nitrogens is 1. The van der Waals surface area contributed by atoms with Crippen molar-refractivity contribution in [1.82, 2.24) is 10.3 Å². The summed E-state index contributed by atoms with van der Waals surface area (Å²) in [7, 11) is 0. The van der Waals surface area contributed by atoms with Crippen LogP contribution in [-0.2, 0) is 0 Å². The molecule has 1 aromatic heterocycles. The number of anilines is 1. The topological polar surface area (TPSA) is 77.8 Å². The van der Waals surface area contributed by atoms with E-state index < -0.39 is 0 Å². The maximum absolute atomic E-state index is 12.1. The van der Waals surface area contributed by atoms with Gasteiger partial charge in [0, 0.05) is 28.5 Å². The molecule has 0 spiro atoms. The van der Waals surface area contributed by atoms with Gasteiger partial charge in [-0.05, 0) is 62.2 Å². The van der Waals surface area contributed by atoms with Crippen molar-refractivity contribution in [3.8, 4) is 6.07 Å². The van der Waals surface area contributed by atoms with Gasteiger partial charge in [-0.25, -0.2) is 4.98 Å². The second-order valence-electron chi connectivity index (χ2n) is 6.69. The average molecular weight is 437 g/mol. The molecule has 0 aliphatic carbocycles. The Hall–Kier alpha value is -2.91. The SMILES string of the molecule is Cc1cc(C)c2nc(NCCCNC(=O)c3ccc(Br)cc3)c(C#N)cc2c1. The van der Waals surface area contributed by atoms with Crippen LogP contribution in [0, 0.1) is 25.2 Å². The molecule has 0 saturated carbocycles. The second-order valence-corrected chi connectivity index (χ2v) is 7.61. The lowest BCUT2D eigenvalue weighted by Gasteiger charge is -2.11. The molecule has 1 heterocycles. The Morgan fingerprint density at radius 2 is 1.89 bits per heavy atom. The average Bonchev–Trinajstić information content (AvgIpc) is 2.67. The van der Waals surface area contributed by atoms with E-state index in [4.69, 9.17) is 0 Å². The highest BCUT2D eigenvalue weighted by atomic mass is 79.9. The fourth-order valence-corrected chi connectivity index (χ4v) is 3.34. The number of pyridine rings is 1. The summed E-state index contributed by atoms with van der Waals surface area (Å²) in [4.78, 5) is 16.7. The number of nitrogens with one attached hydrogen (secondary N) is 2. The molecular formula is C22H21BrN4O. The highest BCUT2D eigenvalue weighted by molar-refractivity contribution is 9.10. The quantitative estimate of drug-likeness (QED) is 0.548. The number of nitrogens with zero attached hydrogens (tertiary/aromatic N) is 2. The molecule has 0 fully saturated rings. The molecule has 2 N–H and O–H groups in total.